The molecule has 3 heterocycles. The molecule has 1 saturated heterocycles. The monoisotopic (exact) mass is 694 g/mol. The van der Waals surface area contributed by atoms with Gasteiger partial charge in [-0.3, -0.25) is 19.3 Å². The summed E-state index contributed by atoms with van der Waals surface area (Å²) in [7, 11) is 1.56. The molecule has 1 unspecified atom stereocenters. The van der Waals surface area contributed by atoms with Crippen molar-refractivity contribution < 1.29 is 38.4 Å². The number of ether oxygens (including phenoxy) is 4. The summed E-state index contributed by atoms with van der Waals surface area (Å²) in [6, 6.07) is 8.59. The lowest BCUT2D eigenvalue weighted by Gasteiger charge is -2.49. The number of thioether (sulfide) groups is 1. The van der Waals surface area contributed by atoms with Gasteiger partial charge in [-0.1, -0.05) is 30.6 Å². The molecule has 3 N–H and O–H groups in total. The number of hydrogen-bond donors (Lipinski definition) is 3. The molecule has 3 aromatic rings. The zero-order valence-electron chi connectivity index (χ0n) is 23.8. The van der Waals surface area contributed by atoms with E-state index in [1.807, 2.05) is 0 Å². The van der Waals surface area contributed by atoms with E-state index in [0.29, 0.717) is 45.3 Å². The summed E-state index contributed by atoms with van der Waals surface area (Å²) < 4.78 is 21.5. The molecule has 1 aromatic heterocycles. The van der Waals surface area contributed by atoms with E-state index in [9.17, 15) is 24.3 Å². The molecule has 0 spiro atoms. The maximum absolute atomic E-state index is 13.0. The zero-order valence-corrected chi connectivity index (χ0v) is 26.2. The van der Waals surface area contributed by atoms with Crippen molar-refractivity contribution in [1.82, 2.24) is 20.2 Å². The number of nitrogens with one attached hydrogen (secondary N) is 2. The molecule has 0 saturated carbocycles. The first-order valence-corrected chi connectivity index (χ1v) is 15.4. The number of carbonyl (C=O) groups is 3. The molecule has 2 atom stereocenters. The van der Waals surface area contributed by atoms with Crippen molar-refractivity contribution in [2.24, 2.45) is 0 Å². The summed E-state index contributed by atoms with van der Waals surface area (Å²) in [5.74, 6) is -1.65. The number of aliphatic carboxylic acids is 1. The predicted octanol–water partition coefficient (Wildman–Crippen LogP) is 3.33. The van der Waals surface area contributed by atoms with Crippen LogP contribution in [0.4, 0.5) is 0 Å². The van der Waals surface area contributed by atoms with E-state index in [1.165, 1.54) is 17.8 Å². The Kier molecular flexibility index (Phi) is 12.1. The minimum Gasteiger partial charge on any atom is -0.488 e. The number of benzene rings is 2. The summed E-state index contributed by atoms with van der Waals surface area (Å²) in [6.45, 7) is 0.876. The molecule has 0 aliphatic carbocycles. The molecule has 0 bridgehead atoms. The fourth-order valence-electron chi connectivity index (χ4n) is 4.75. The van der Waals surface area contributed by atoms with Crippen LogP contribution in [-0.2, 0) is 28.6 Å². The highest BCUT2D eigenvalue weighted by molar-refractivity contribution is 8.00. The van der Waals surface area contributed by atoms with Crippen LogP contribution in [-0.4, -0.2) is 102 Å². The van der Waals surface area contributed by atoms with Crippen molar-refractivity contribution in [3.8, 4) is 17.1 Å². The van der Waals surface area contributed by atoms with E-state index in [2.05, 4.69) is 15.3 Å². The van der Waals surface area contributed by atoms with Gasteiger partial charge in [0.2, 0.25) is 5.91 Å². The van der Waals surface area contributed by atoms with Crippen LogP contribution in [0.5, 0.6) is 5.75 Å². The lowest BCUT2D eigenvalue weighted by Crippen LogP contribution is -2.70. The van der Waals surface area contributed by atoms with Gasteiger partial charge in [0.25, 0.3) is 11.5 Å². The first kappa shape index (κ1) is 35.2. The number of fused-ring (bicyclic) bond motifs is 2. The number of carbonyl (C=O) groups excluding carboxylic acids is 2. The summed E-state index contributed by atoms with van der Waals surface area (Å²) in [6.07, 6.45) is 0. The van der Waals surface area contributed by atoms with Crippen LogP contribution in [0.1, 0.15) is 7.43 Å². The number of methoxy groups -OCH3 is 1. The van der Waals surface area contributed by atoms with Crippen LogP contribution >= 0.6 is 35.0 Å². The second-order valence-electron chi connectivity index (χ2n) is 9.88. The van der Waals surface area contributed by atoms with Crippen LogP contribution in [0.2, 0.25) is 10.0 Å². The summed E-state index contributed by atoms with van der Waals surface area (Å²) in [5, 5.41) is 13.1. The lowest BCUT2D eigenvalue weighted by atomic mass is 10.0. The van der Waals surface area contributed by atoms with Gasteiger partial charge in [0.15, 0.2) is 0 Å². The van der Waals surface area contributed by atoms with Gasteiger partial charge in [-0.2, -0.15) is 0 Å². The number of nitrogens with zero attached hydrogens (tertiary/aromatic N) is 2. The predicted molar refractivity (Wildman–Crippen MR) is 173 cm³/mol. The minimum atomic E-state index is -1.30. The molecule has 1 fully saturated rings. The summed E-state index contributed by atoms with van der Waals surface area (Å²) in [4.78, 5) is 58.8. The molecular formula is C30H32Cl2N4O9S. The third kappa shape index (κ3) is 7.82. The average molecular weight is 696 g/mol. The van der Waals surface area contributed by atoms with Crippen LogP contribution in [0.25, 0.3) is 22.3 Å². The standard InChI is InChI=1S/C29H28Cl2N4O9S.CH4/c1-41-6-7-42-8-9-43-13-22(36)33-23-27(38)35-24(29(39)40)15(14-45-28(23)35)12-44-21-5-3-17(31)11-19(21)25-32-20-4-2-16(30)10-18(20)26(37)34-25;/h2-5,10-11,23,28H,6-9,12-14H2,1H3,(H,33,36)(H,39,40)(H,32,34,37);1H4/t23-,28?;/m1./s1. The number of β-lactam (4-membered cyclic amide) rings is 1. The van der Waals surface area contributed by atoms with Crippen LogP contribution in [0, 0.1) is 0 Å². The smallest absolute Gasteiger partial charge is 0.352 e. The van der Waals surface area contributed by atoms with Gasteiger partial charge in [0.05, 0.1) is 42.9 Å². The zero-order chi connectivity index (χ0) is 32.1. The fraction of sp³-hybridized carbons (Fsp3) is 0.367. The molecule has 5 rings (SSSR count). The number of halogens is 2. The number of H-pyrrole nitrogens is 1. The SMILES string of the molecule is C.COCCOCCOCC(=O)N[C@@H]1C(=O)N2C(C(=O)O)=C(COc3ccc(Cl)cc3-c3nc4ccc(Cl)cc4c(=O)[nH]3)CSC12. The number of hydrogen-bond acceptors (Lipinski definition) is 10. The van der Waals surface area contributed by atoms with Crippen LogP contribution < -0.4 is 15.6 Å². The normalized spacial score (nSPS) is 17.3. The number of aromatic amines is 1. The number of carboxylic acids is 1. The Labute approximate surface area is 278 Å². The Bertz CT molecular complexity index is 1720. The minimum absolute atomic E-state index is 0. The quantitative estimate of drug-likeness (QED) is 0.167. The van der Waals surface area contributed by atoms with Crippen molar-refractivity contribution in [2.75, 3.05) is 52.5 Å². The number of aromatic nitrogens is 2. The van der Waals surface area contributed by atoms with Crippen molar-refractivity contribution in [3.63, 3.8) is 0 Å². The second kappa shape index (κ2) is 15.8. The Morgan fingerprint density at radius 3 is 2.57 bits per heavy atom. The molecular weight excluding hydrogens is 663 g/mol. The van der Waals surface area contributed by atoms with E-state index in [-0.39, 0.29) is 56.9 Å². The summed E-state index contributed by atoms with van der Waals surface area (Å²) in [5.41, 5.74) is 0.524. The molecule has 2 aliphatic heterocycles. The van der Waals surface area contributed by atoms with Crippen LogP contribution in [0.3, 0.4) is 0 Å². The lowest BCUT2D eigenvalue weighted by molar-refractivity contribution is -0.151. The molecule has 0 radical (unpaired) electrons. The van der Waals surface area contributed by atoms with E-state index in [1.54, 1.807) is 37.4 Å². The molecule has 2 aromatic carbocycles. The average Bonchev–Trinajstić information content (AvgIpc) is 3.02. The third-order valence-corrected chi connectivity index (χ3v) is 8.68. The Morgan fingerprint density at radius 2 is 1.80 bits per heavy atom. The fourth-order valence-corrected chi connectivity index (χ4v) is 6.42. The topological polar surface area (TPSA) is 169 Å². The number of amides is 2. The Morgan fingerprint density at radius 1 is 1.09 bits per heavy atom. The van der Waals surface area contributed by atoms with Gasteiger partial charge >= 0.3 is 5.97 Å². The molecule has 246 valence electrons. The Hall–Kier alpha value is -3.66. The first-order valence-electron chi connectivity index (χ1n) is 13.6. The number of rotatable bonds is 14. The highest BCUT2D eigenvalue weighted by Crippen LogP contribution is 2.41. The van der Waals surface area contributed by atoms with E-state index < -0.39 is 34.8 Å². The van der Waals surface area contributed by atoms with Crippen LogP contribution in [0.15, 0.2) is 52.5 Å². The molecule has 2 amide bonds. The third-order valence-electron chi connectivity index (χ3n) is 6.87. The van der Waals surface area contributed by atoms with Gasteiger partial charge < -0.3 is 34.4 Å². The van der Waals surface area contributed by atoms with E-state index >= 15 is 0 Å². The largest absolute Gasteiger partial charge is 0.488 e. The summed E-state index contributed by atoms with van der Waals surface area (Å²) >= 11 is 13.6. The van der Waals surface area contributed by atoms with E-state index in [4.69, 9.17) is 42.1 Å². The number of carboxylic acid groups (broad SMARTS) is 1. The van der Waals surface area contributed by atoms with E-state index in [0.717, 1.165) is 4.90 Å². The molecule has 16 heteroatoms. The highest BCUT2D eigenvalue weighted by atomic mass is 35.5. The molecule has 46 heavy (non-hydrogen) atoms. The maximum Gasteiger partial charge on any atom is 0.352 e. The van der Waals surface area contributed by atoms with Gasteiger partial charge in [-0.25, -0.2) is 9.78 Å². The highest BCUT2D eigenvalue weighted by Gasteiger charge is 2.54. The second-order valence-corrected chi connectivity index (χ2v) is 11.9. The van der Waals surface area contributed by atoms with Crippen molar-refractivity contribution in [1.29, 1.82) is 0 Å². The van der Waals surface area contributed by atoms with Crippen molar-refractivity contribution in [3.05, 3.63) is 68.1 Å². The van der Waals surface area contributed by atoms with Crippen molar-refractivity contribution in [2.45, 2.75) is 18.8 Å². The first-order chi connectivity index (χ1) is 21.7. The Balaban J connectivity index is 0.00000480. The van der Waals surface area contributed by atoms with Gasteiger partial charge in [0, 0.05) is 28.5 Å². The van der Waals surface area contributed by atoms with Gasteiger partial charge in [0.1, 0.15) is 41.9 Å². The van der Waals surface area contributed by atoms with Crippen molar-refractivity contribution >= 4 is 63.7 Å². The van der Waals surface area contributed by atoms with Gasteiger partial charge in [-0.05, 0) is 36.4 Å². The maximum atomic E-state index is 13.0. The van der Waals surface area contributed by atoms with Gasteiger partial charge in [-0.15, -0.1) is 11.8 Å². The molecule has 13 nitrogen and oxygen atoms in total. The molecule has 2 aliphatic rings.